The fourth-order valence-corrected chi connectivity index (χ4v) is 2.63. The number of halogens is 2. The summed E-state index contributed by atoms with van der Waals surface area (Å²) in [6, 6.07) is 5.17. The van der Waals surface area contributed by atoms with Gasteiger partial charge < -0.3 is 11.1 Å². The summed E-state index contributed by atoms with van der Waals surface area (Å²) >= 11 is 5.75. The van der Waals surface area contributed by atoms with Gasteiger partial charge in [0, 0.05) is 25.7 Å². The van der Waals surface area contributed by atoms with E-state index in [1.807, 2.05) is 0 Å². The van der Waals surface area contributed by atoms with Crippen LogP contribution in [0.5, 0.6) is 0 Å². The van der Waals surface area contributed by atoms with Crippen molar-refractivity contribution in [3.63, 3.8) is 0 Å². The molecule has 1 aliphatic rings. The van der Waals surface area contributed by atoms with Gasteiger partial charge in [0.1, 0.15) is 5.82 Å². The number of hydrogen-bond donors (Lipinski definition) is 2. The zero-order valence-corrected chi connectivity index (χ0v) is 12.0. The van der Waals surface area contributed by atoms with Crippen molar-refractivity contribution in [1.29, 1.82) is 0 Å². The predicted molar refractivity (Wildman–Crippen MR) is 76.9 cm³/mol. The molecule has 6 heteroatoms. The van der Waals surface area contributed by atoms with Crippen LogP contribution in [0.15, 0.2) is 18.2 Å². The van der Waals surface area contributed by atoms with Gasteiger partial charge in [-0.25, -0.2) is 4.39 Å². The summed E-state index contributed by atoms with van der Waals surface area (Å²) in [6.07, 6.45) is 1.95. The average Bonchev–Trinajstić information content (AvgIpc) is 2.41. The third-order valence-corrected chi connectivity index (χ3v) is 3.84. The summed E-state index contributed by atoms with van der Waals surface area (Å²) in [7, 11) is 0. The van der Waals surface area contributed by atoms with Crippen molar-refractivity contribution in [2.24, 2.45) is 5.73 Å². The van der Waals surface area contributed by atoms with E-state index in [9.17, 15) is 9.18 Å². The molecule has 20 heavy (non-hydrogen) atoms. The molecule has 0 unspecified atom stereocenters. The van der Waals surface area contributed by atoms with E-state index in [2.05, 4.69) is 10.2 Å². The number of piperidine rings is 1. The van der Waals surface area contributed by atoms with Crippen LogP contribution in [-0.4, -0.2) is 36.5 Å². The van der Waals surface area contributed by atoms with E-state index in [4.69, 9.17) is 17.3 Å². The highest BCUT2D eigenvalue weighted by Crippen LogP contribution is 2.17. The Balaban J connectivity index is 1.75. The van der Waals surface area contributed by atoms with Gasteiger partial charge in [-0.1, -0.05) is 17.7 Å². The molecule has 1 fully saturated rings. The van der Waals surface area contributed by atoms with Crippen LogP contribution >= 0.6 is 11.6 Å². The molecule has 0 bridgehead atoms. The molecule has 1 aliphatic heterocycles. The molecule has 1 saturated heterocycles. The normalized spacial score (nSPS) is 17.3. The van der Waals surface area contributed by atoms with Crippen molar-refractivity contribution in [3.05, 3.63) is 34.6 Å². The number of nitrogens with one attached hydrogen (secondary N) is 1. The Kier molecular flexibility index (Phi) is 5.34. The fourth-order valence-electron chi connectivity index (χ4n) is 2.43. The number of hydrogen-bond acceptors (Lipinski definition) is 3. The van der Waals surface area contributed by atoms with Gasteiger partial charge in [0.25, 0.3) is 0 Å². The Morgan fingerprint density at radius 1 is 1.45 bits per heavy atom. The molecule has 3 N–H and O–H groups in total. The maximum absolute atomic E-state index is 13.0. The zero-order valence-electron chi connectivity index (χ0n) is 11.2. The molecule has 0 saturated carbocycles. The third kappa shape index (κ3) is 4.44. The smallest absolute Gasteiger partial charge is 0.231 e. The van der Waals surface area contributed by atoms with Gasteiger partial charge in [-0.2, -0.15) is 0 Å². The largest absolute Gasteiger partial charge is 0.369 e. The molecular weight excluding hydrogens is 281 g/mol. The van der Waals surface area contributed by atoms with Gasteiger partial charge >= 0.3 is 0 Å². The molecule has 0 aromatic heterocycles. The summed E-state index contributed by atoms with van der Waals surface area (Å²) in [5, 5.41) is 3.59. The Labute approximate surface area is 123 Å². The number of amides is 1. The maximum atomic E-state index is 13.0. The molecule has 4 nitrogen and oxygen atoms in total. The lowest BCUT2D eigenvalue weighted by molar-refractivity contribution is -0.119. The van der Waals surface area contributed by atoms with Gasteiger partial charge in [0.2, 0.25) is 5.91 Å². The molecule has 0 atom stereocenters. The lowest BCUT2D eigenvalue weighted by Gasteiger charge is -2.31. The molecular formula is C14H19ClFN3O. The van der Waals surface area contributed by atoms with Gasteiger partial charge in [0.15, 0.2) is 0 Å². The number of nitrogens with two attached hydrogens (primary N) is 1. The van der Waals surface area contributed by atoms with Crippen molar-refractivity contribution in [1.82, 2.24) is 10.2 Å². The Bertz CT molecular complexity index is 475. The van der Waals surface area contributed by atoms with Gasteiger partial charge in [-0.3, -0.25) is 9.69 Å². The molecule has 1 heterocycles. The molecule has 0 spiro atoms. The molecule has 0 radical (unpaired) electrons. The van der Waals surface area contributed by atoms with Crippen molar-refractivity contribution < 1.29 is 9.18 Å². The number of carbonyl (C=O) groups excluding carboxylic acids is 1. The maximum Gasteiger partial charge on any atom is 0.231 e. The van der Waals surface area contributed by atoms with E-state index < -0.39 is 5.82 Å². The quantitative estimate of drug-likeness (QED) is 0.867. The second-order valence-electron chi connectivity index (χ2n) is 5.15. The second kappa shape index (κ2) is 7.02. The molecule has 2 rings (SSSR count). The van der Waals surface area contributed by atoms with Crippen LogP contribution in [0.2, 0.25) is 5.02 Å². The number of carbonyl (C=O) groups is 1. The summed E-state index contributed by atoms with van der Waals surface area (Å²) in [6.45, 7) is 2.73. The van der Waals surface area contributed by atoms with E-state index in [1.54, 1.807) is 12.1 Å². The summed E-state index contributed by atoms with van der Waals surface area (Å²) < 4.78 is 13.0. The minimum absolute atomic E-state index is 0.153. The van der Waals surface area contributed by atoms with Gasteiger partial charge in [-0.15, -0.1) is 0 Å². The van der Waals surface area contributed by atoms with Crippen LogP contribution < -0.4 is 11.1 Å². The highest BCUT2D eigenvalue weighted by atomic mass is 35.5. The first-order valence-electron chi connectivity index (χ1n) is 6.72. The Morgan fingerprint density at radius 3 is 2.75 bits per heavy atom. The number of rotatable bonds is 5. The zero-order chi connectivity index (χ0) is 14.5. The molecule has 1 aromatic carbocycles. The molecule has 1 amide bonds. The molecule has 0 aliphatic carbocycles. The SMILES string of the molecule is NC(=O)CN1CCC(NCc2ccc(F)c(Cl)c2)CC1. The van der Waals surface area contributed by atoms with E-state index in [1.165, 1.54) is 6.07 Å². The number of nitrogens with zero attached hydrogens (tertiary/aromatic N) is 1. The van der Waals surface area contributed by atoms with Crippen LogP contribution in [-0.2, 0) is 11.3 Å². The third-order valence-electron chi connectivity index (χ3n) is 3.55. The topological polar surface area (TPSA) is 58.4 Å². The highest BCUT2D eigenvalue weighted by molar-refractivity contribution is 6.30. The van der Waals surface area contributed by atoms with Gasteiger partial charge in [0.05, 0.1) is 11.6 Å². The predicted octanol–water partition coefficient (Wildman–Crippen LogP) is 1.52. The first-order chi connectivity index (χ1) is 9.54. The number of primary amides is 1. The summed E-state index contributed by atoms with van der Waals surface area (Å²) in [5.41, 5.74) is 6.15. The number of benzene rings is 1. The van der Waals surface area contributed by atoms with E-state index in [-0.39, 0.29) is 10.9 Å². The Hall–Kier alpha value is -1.17. The highest BCUT2D eigenvalue weighted by Gasteiger charge is 2.19. The van der Waals surface area contributed by atoms with Crippen molar-refractivity contribution in [2.45, 2.75) is 25.4 Å². The van der Waals surface area contributed by atoms with Gasteiger partial charge in [-0.05, 0) is 30.5 Å². The van der Waals surface area contributed by atoms with Crippen LogP contribution in [0.4, 0.5) is 4.39 Å². The Morgan fingerprint density at radius 2 is 2.15 bits per heavy atom. The van der Waals surface area contributed by atoms with E-state index in [0.717, 1.165) is 31.5 Å². The fraction of sp³-hybridized carbons (Fsp3) is 0.500. The summed E-state index contributed by atoms with van der Waals surface area (Å²) in [5.74, 6) is -0.674. The lowest BCUT2D eigenvalue weighted by Crippen LogP contribution is -2.45. The standard InChI is InChI=1S/C14H19ClFN3O/c15-12-7-10(1-2-13(12)16)8-18-11-3-5-19(6-4-11)9-14(17)20/h1-2,7,11,18H,3-6,8-9H2,(H2,17,20). The minimum Gasteiger partial charge on any atom is -0.369 e. The molecule has 110 valence electrons. The monoisotopic (exact) mass is 299 g/mol. The first-order valence-corrected chi connectivity index (χ1v) is 7.10. The van der Waals surface area contributed by atoms with Crippen LogP contribution in [0.25, 0.3) is 0 Å². The van der Waals surface area contributed by atoms with Crippen LogP contribution in [0.3, 0.4) is 0 Å². The van der Waals surface area contributed by atoms with Crippen molar-refractivity contribution >= 4 is 17.5 Å². The second-order valence-corrected chi connectivity index (χ2v) is 5.55. The van der Waals surface area contributed by atoms with Crippen molar-refractivity contribution in [2.75, 3.05) is 19.6 Å². The average molecular weight is 300 g/mol. The lowest BCUT2D eigenvalue weighted by atomic mass is 10.0. The van der Waals surface area contributed by atoms with E-state index >= 15 is 0 Å². The number of likely N-dealkylation sites (tertiary alicyclic amines) is 1. The first kappa shape index (κ1) is 15.2. The summed E-state index contributed by atoms with van der Waals surface area (Å²) in [4.78, 5) is 12.9. The van der Waals surface area contributed by atoms with E-state index in [0.29, 0.717) is 19.1 Å². The van der Waals surface area contributed by atoms with Crippen LogP contribution in [0, 0.1) is 5.82 Å². The van der Waals surface area contributed by atoms with Crippen molar-refractivity contribution in [3.8, 4) is 0 Å². The molecule has 1 aromatic rings. The van der Waals surface area contributed by atoms with Crippen LogP contribution in [0.1, 0.15) is 18.4 Å². The minimum atomic E-state index is -0.393.